The van der Waals surface area contributed by atoms with E-state index in [0.29, 0.717) is 16.6 Å². The van der Waals surface area contributed by atoms with Crippen LogP contribution in [0.4, 0.5) is 5.69 Å². The molecule has 2 aromatic rings. The van der Waals surface area contributed by atoms with E-state index in [9.17, 15) is 18.0 Å². The van der Waals surface area contributed by atoms with E-state index >= 15 is 0 Å². The number of hydrogen-bond donors (Lipinski definition) is 4. The van der Waals surface area contributed by atoms with Crippen molar-refractivity contribution in [1.82, 2.24) is 14.9 Å². The molecule has 0 saturated heterocycles. The van der Waals surface area contributed by atoms with Crippen LogP contribution in [0.5, 0.6) is 0 Å². The second-order valence-electron chi connectivity index (χ2n) is 4.66. The molecule has 2 amide bonds. The first-order valence-corrected chi connectivity index (χ1v) is 8.18. The number of carbonyl (C=O) groups excluding carboxylic acids is 2. The normalized spacial score (nSPS) is 11.5. The van der Waals surface area contributed by atoms with E-state index in [2.05, 4.69) is 20.2 Å². The number of benzene rings is 1. The summed E-state index contributed by atoms with van der Waals surface area (Å²) in [5.41, 5.74) is 6.37. The van der Waals surface area contributed by atoms with Crippen molar-refractivity contribution in [3.63, 3.8) is 0 Å². The Morgan fingerprint density at radius 2 is 2.09 bits per heavy atom. The average molecular weight is 325 g/mol. The Morgan fingerprint density at radius 1 is 1.36 bits per heavy atom. The molecule has 5 N–H and O–H groups in total. The third-order valence-corrected chi connectivity index (χ3v) is 3.52. The van der Waals surface area contributed by atoms with Gasteiger partial charge in [-0.2, -0.15) is 5.10 Å². The van der Waals surface area contributed by atoms with Crippen molar-refractivity contribution in [3.05, 3.63) is 23.9 Å². The Hall–Kier alpha value is -2.46. The zero-order chi connectivity index (χ0) is 16.3. The summed E-state index contributed by atoms with van der Waals surface area (Å²) >= 11 is 0. The molecule has 0 radical (unpaired) electrons. The lowest BCUT2D eigenvalue weighted by Crippen LogP contribution is -2.26. The van der Waals surface area contributed by atoms with Crippen molar-refractivity contribution in [2.75, 3.05) is 18.1 Å². The zero-order valence-corrected chi connectivity index (χ0v) is 12.5. The Bertz CT molecular complexity index is 827. The minimum atomic E-state index is -3.32. The SMILES string of the molecule is CS(=O)(=O)NCCC(=O)Nc1ccc2[nH]nc(C(N)=O)c2c1. The van der Waals surface area contributed by atoms with Crippen molar-refractivity contribution in [2.24, 2.45) is 5.73 Å². The number of fused-ring (bicyclic) bond motifs is 1. The molecular weight excluding hydrogens is 310 g/mol. The van der Waals surface area contributed by atoms with Gasteiger partial charge in [0.25, 0.3) is 5.91 Å². The van der Waals surface area contributed by atoms with Gasteiger partial charge in [-0.1, -0.05) is 0 Å². The van der Waals surface area contributed by atoms with Gasteiger partial charge in [0, 0.05) is 24.0 Å². The number of primary amides is 1. The molecule has 0 unspecified atom stereocenters. The first kappa shape index (κ1) is 15.9. The third-order valence-electron chi connectivity index (χ3n) is 2.80. The number of rotatable bonds is 6. The lowest BCUT2D eigenvalue weighted by atomic mass is 10.2. The standard InChI is InChI=1S/C12H15N5O4S/c1-22(20,21)14-5-4-10(18)15-7-2-3-9-8(6-7)11(12(13)19)17-16-9/h2-3,6,14H,4-5H2,1H3,(H2,13,19)(H,15,18)(H,16,17). The fraction of sp³-hybridized carbons (Fsp3) is 0.250. The highest BCUT2D eigenvalue weighted by molar-refractivity contribution is 7.88. The van der Waals surface area contributed by atoms with Gasteiger partial charge in [-0.05, 0) is 18.2 Å². The highest BCUT2D eigenvalue weighted by Crippen LogP contribution is 2.20. The topological polar surface area (TPSA) is 147 Å². The quantitative estimate of drug-likeness (QED) is 0.567. The fourth-order valence-corrected chi connectivity index (χ4v) is 2.33. The summed E-state index contributed by atoms with van der Waals surface area (Å²) in [7, 11) is -3.32. The highest BCUT2D eigenvalue weighted by Gasteiger charge is 2.12. The van der Waals surface area contributed by atoms with Crippen LogP contribution in [-0.2, 0) is 14.8 Å². The fourth-order valence-electron chi connectivity index (χ4n) is 1.85. The summed E-state index contributed by atoms with van der Waals surface area (Å²) in [5, 5.41) is 9.57. The van der Waals surface area contributed by atoms with Crippen molar-refractivity contribution >= 4 is 38.4 Å². The largest absolute Gasteiger partial charge is 0.364 e. The number of amides is 2. The summed E-state index contributed by atoms with van der Waals surface area (Å²) in [6.45, 7) is 0.00512. The number of carbonyl (C=O) groups is 2. The van der Waals surface area contributed by atoms with Crippen LogP contribution in [0, 0.1) is 0 Å². The molecule has 1 aromatic heterocycles. The Labute approximate surface area is 126 Å². The van der Waals surface area contributed by atoms with Gasteiger partial charge < -0.3 is 11.1 Å². The molecule has 2 rings (SSSR count). The summed E-state index contributed by atoms with van der Waals surface area (Å²) < 4.78 is 24.0. The van der Waals surface area contributed by atoms with Gasteiger partial charge in [-0.3, -0.25) is 14.7 Å². The van der Waals surface area contributed by atoms with Gasteiger partial charge in [-0.15, -0.1) is 0 Å². The molecule has 0 aliphatic rings. The Balaban J connectivity index is 2.06. The molecule has 0 aliphatic carbocycles. The first-order chi connectivity index (χ1) is 10.3. The number of nitrogens with two attached hydrogens (primary N) is 1. The van der Waals surface area contributed by atoms with E-state index in [-0.39, 0.29) is 24.6 Å². The van der Waals surface area contributed by atoms with Crippen molar-refractivity contribution < 1.29 is 18.0 Å². The predicted molar refractivity (Wildman–Crippen MR) is 80.7 cm³/mol. The number of hydrogen-bond acceptors (Lipinski definition) is 5. The molecule has 9 nitrogen and oxygen atoms in total. The van der Waals surface area contributed by atoms with Crippen molar-refractivity contribution in [2.45, 2.75) is 6.42 Å². The van der Waals surface area contributed by atoms with E-state index in [1.54, 1.807) is 18.2 Å². The maximum Gasteiger partial charge on any atom is 0.269 e. The molecule has 0 atom stereocenters. The summed E-state index contributed by atoms with van der Waals surface area (Å²) in [5.74, 6) is -1.04. The van der Waals surface area contributed by atoms with E-state index in [4.69, 9.17) is 5.73 Å². The minimum Gasteiger partial charge on any atom is -0.364 e. The second kappa shape index (κ2) is 6.12. The van der Waals surface area contributed by atoms with Crippen LogP contribution >= 0.6 is 0 Å². The monoisotopic (exact) mass is 325 g/mol. The van der Waals surface area contributed by atoms with E-state index in [1.807, 2.05) is 0 Å². The maximum absolute atomic E-state index is 11.7. The number of H-pyrrole nitrogens is 1. The molecule has 1 aromatic carbocycles. The lowest BCUT2D eigenvalue weighted by Gasteiger charge is -2.06. The second-order valence-corrected chi connectivity index (χ2v) is 6.49. The molecule has 22 heavy (non-hydrogen) atoms. The number of aromatic nitrogens is 2. The van der Waals surface area contributed by atoms with Crippen LogP contribution in [0.1, 0.15) is 16.9 Å². The number of nitrogens with zero attached hydrogens (tertiary/aromatic N) is 1. The molecular formula is C12H15N5O4S. The zero-order valence-electron chi connectivity index (χ0n) is 11.7. The lowest BCUT2D eigenvalue weighted by molar-refractivity contribution is -0.116. The smallest absolute Gasteiger partial charge is 0.269 e. The highest BCUT2D eigenvalue weighted by atomic mass is 32.2. The molecule has 1 heterocycles. The Morgan fingerprint density at radius 3 is 2.73 bits per heavy atom. The molecule has 0 saturated carbocycles. The first-order valence-electron chi connectivity index (χ1n) is 6.28. The number of anilines is 1. The number of sulfonamides is 1. The minimum absolute atomic E-state index is 0.00512. The summed E-state index contributed by atoms with van der Waals surface area (Å²) in [6, 6.07) is 4.85. The Kier molecular flexibility index (Phi) is 4.43. The summed E-state index contributed by atoms with van der Waals surface area (Å²) in [4.78, 5) is 23.0. The van der Waals surface area contributed by atoms with Crippen LogP contribution in [0.2, 0.25) is 0 Å². The van der Waals surface area contributed by atoms with Crippen LogP contribution in [0.3, 0.4) is 0 Å². The molecule has 0 spiro atoms. The van der Waals surface area contributed by atoms with Crippen molar-refractivity contribution in [3.8, 4) is 0 Å². The van der Waals surface area contributed by atoms with Gasteiger partial charge in [0.2, 0.25) is 15.9 Å². The van der Waals surface area contributed by atoms with Crippen molar-refractivity contribution in [1.29, 1.82) is 0 Å². The van der Waals surface area contributed by atoms with Gasteiger partial charge in [-0.25, -0.2) is 13.1 Å². The third kappa shape index (κ3) is 4.02. The van der Waals surface area contributed by atoms with Gasteiger partial charge in [0.15, 0.2) is 5.69 Å². The average Bonchev–Trinajstić information content (AvgIpc) is 2.80. The molecule has 118 valence electrons. The molecule has 0 bridgehead atoms. The van der Waals surface area contributed by atoms with Gasteiger partial charge in [0.05, 0.1) is 11.8 Å². The van der Waals surface area contributed by atoms with Crippen LogP contribution < -0.4 is 15.8 Å². The van der Waals surface area contributed by atoms with E-state index in [1.165, 1.54) is 0 Å². The summed E-state index contributed by atoms with van der Waals surface area (Å²) in [6.07, 6.45) is 1.00. The maximum atomic E-state index is 11.7. The predicted octanol–water partition coefficient (Wildman–Crippen LogP) is -0.460. The number of nitrogens with one attached hydrogen (secondary N) is 3. The van der Waals surface area contributed by atoms with Crippen LogP contribution in [0.15, 0.2) is 18.2 Å². The van der Waals surface area contributed by atoms with Crippen LogP contribution in [-0.4, -0.2) is 43.2 Å². The van der Waals surface area contributed by atoms with Gasteiger partial charge in [0.1, 0.15) is 0 Å². The molecule has 10 heteroatoms. The van der Waals surface area contributed by atoms with Gasteiger partial charge >= 0.3 is 0 Å². The van der Waals surface area contributed by atoms with E-state index in [0.717, 1.165) is 6.26 Å². The number of aromatic amines is 1. The molecule has 0 fully saturated rings. The molecule has 0 aliphatic heterocycles. The van der Waals surface area contributed by atoms with E-state index < -0.39 is 15.9 Å². The van der Waals surface area contributed by atoms with Crippen LogP contribution in [0.25, 0.3) is 10.9 Å².